The molecule has 0 spiro atoms. The van der Waals surface area contributed by atoms with Gasteiger partial charge in [0.2, 0.25) is 5.91 Å². The molecule has 1 amide bonds. The Labute approximate surface area is 404 Å². The Morgan fingerprint density at radius 1 is 0.515 bits per heavy atom. The van der Waals surface area contributed by atoms with Gasteiger partial charge in [-0.3, -0.25) is 4.79 Å². The molecule has 0 aromatic heterocycles. The SMILES string of the molecule is CCCCCCCCCC/C=C/CC/C=C/CCCC(O)C(O)C(COC1OC(CO)C(O)C(O)C1O)NC(=O)C(O)CCCCCCCCCCCCCCCCCCCCCCCC. The topological polar surface area (TPSA) is 189 Å². The summed E-state index contributed by atoms with van der Waals surface area (Å²) in [5, 5.41) is 76.0. The smallest absolute Gasteiger partial charge is 0.249 e. The normalized spacial score (nSPS) is 20.9. The zero-order valence-corrected chi connectivity index (χ0v) is 42.4. The maximum Gasteiger partial charge on any atom is 0.249 e. The number of unbranched alkanes of at least 4 members (excludes halogenated alkanes) is 31. The zero-order chi connectivity index (χ0) is 48.3. The van der Waals surface area contributed by atoms with E-state index in [0.29, 0.717) is 19.3 Å². The van der Waals surface area contributed by atoms with Crippen molar-refractivity contribution < 1.29 is 50.0 Å². The Bertz CT molecular complexity index is 1120. The third kappa shape index (κ3) is 33.2. The molecule has 1 rings (SSSR count). The van der Waals surface area contributed by atoms with E-state index in [9.17, 15) is 40.5 Å². The van der Waals surface area contributed by atoms with Crippen molar-refractivity contribution in [2.75, 3.05) is 13.2 Å². The van der Waals surface area contributed by atoms with Crippen LogP contribution in [0.25, 0.3) is 0 Å². The molecule has 9 atom stereocenters. The fraction of sp³-hybridized carbons (Fsp3) is 0.909. The first-order valence-electron chi connectivity index (χ1n) is 27.7. The highest BCUT2D eigenvalue weighted by Crippen LogP contribution is 2.23. The minimum Gasteiger partial charge on any atom is -0.394 e. The van der Waals surface area contributed by atoms with Crippen molar-refractivity contribution in [2.45, 2.75) is 306 Å². The number of allylic oxidation sites excluding steroid dienone is 4. The highest BCUT2D eigenvalue weighted by atomic mass is 16.7. The van der Waals surface area contributed by atoms with Crippen molar-refractivity contribution in [3.05, 3.63) is 24.3 Å². The van der Waals surface area contributed by atoms with Gasteiger partial charge in [0.15, 0.2) is 6.29 Å². The lowest BCUT2D eigenvalue weighted by Crippen LogP contribution is -2.60. The molecule has 1 heterocycles. The molecule has 8 N–H and O–H groups in total. The van der Waals surface area contributed by atoms with Gasteiger partial charge in [-0.15, -0.1) is 0 Å². The number of aliphatic hydroxyl groups excluding tert-OH is 7. The van der Waals surface area contributed by atoms with Crippen molar-refractivity contribution >= 4 is 5.91 Å². The van der Waals surface area contributed by atoms with Crippen LogP contribution in [0.2, 0.25) is 0 Å². The summed E-state index contributed by atoms with van der Waals surface area (Å²) in [4.78, 5) is 13.2. The van der Waals surface area contributed by atoms with Crippen LogP contribution in [0.3, 0.4) is 0 Å². The van der Waals surface area contributed by atoms with Crippen LogP contribution in [-0.2, 0) is 14.3 Å². The Morgan fingerprint density at radius 3 is 1.35 bits per heavy atom. The first kappa shape index (κ1) is 62.6. The Balaban J connectivity index is 2.35. The van der Waals surface area contributed by atoms with E-state index < -0.39 is 74.2 Å². The van der Waals surface area contributed by atoms with E-state index in [1.54, 1.807) is 0 Å². The first-order valence-corrected chi connectivity index (χ1v) is 27.7. The average molecular weight is 940 g/mol. The van der Waals surface area contributed by atoms with Gasteiger partial charge >= 0.3 is 0 Å². The molecule has 0 aromatic rings. The molecule has 390 valence electrons. The molecular formula is C55H105NO10. The molecule has 0 saturated carbocycles. The Morgan fingerprint density at radius 2 is 0.909 bits per heavy atom. The Kier molecular flexibility index (Phi) is 42.5. The molecule has 0 aromatic carbocycles. The summed E-state index contributed by atoms with van der Waals surface area (Å²) in [6.45, 7) is 3.45. The number of carbonyl (C=O) groups is 1. The fourth-order valence-corrected chi connectivity index (χ4v) is 8.93. The third-order valence-corrected chi connectivity index (χ3v) is 13.5. The number of aliphatic hydroxyl groups is 7. The van der Waals surface area contributed by atoms with Crippen molar-refractivity contribution in [3.8, 4) is 0 Å². The van der Waals surface area contributed by atoms with Crippen LogP contribution >= 0.6 is 0 Å². The zero-order valence-electron chi connectivity index (χ0n) is 42.4. The lowest BCUT2D eigenvalue weighted by atomic mass is 9.98. The maximum absolute atomic E-state index is 13.2. The summed E-state index contributed by atoms with van der Waals surface area (Å²) in [5.74, 6) is -0.707. The molecule has 0 bridgehead atoms. The Hall–Kier alpha value is -1.41. The van der Waals surface area contributed by atoms with E-state index in [1.165, 1.54) is 167 Å². The quantitative estimate of drug-likeness (QED) is 0.0215. The van der Waals surface area contributed by atoms with E-state index >= 15 is 0 Å². The lowest BCUT2D eigenvalue weighted by Gasteiger charge is -2.40. The molecule has 9 unspecified atom stereocenters. The number of hydrogen-bond donors (Lipinski definition) is 8. The van der Waals surface area contributed by atoms with E-state index in [1.807, 2.05) is 0 Å². The second-order valence-corrected chi connectivity index (χ2v) is 19.6. The van der Waals surface area contributed by atoms with Crippen LogP contribution in [0, 0.1) is 0 Å². The van der Waals surface area contributed by atoms with Gasteiger partial charge < -0.3 is 50.5 Å². The van der Waals surface area contributed by atoms with Gasteiger partial charge in [0.05, 0.1) is 25.4 Å². The largest absolute Gasteiger partial charge is 0.394 e. The van der Waals surface area contributed by atoms with E-state index in [4.69, 9.17) is 9.47 Å². The predicted molar refractivity (Wildman–Crippen MR) is 270 cm³/mol. The maximum atomic E-state index is 13.2. The van der Waals surface area contributed by atoms with Crippen LogP contribution in [0.4, 0.5) is 0 Å². The molecule has 1 fully saturated rings. The molecule has 66 heavy (non-hydrogen) atoms. The van der Waals surface area contributed by atoms with Crippen LogP contribution in [0.5, 0.6) is 0 Å². The molecule has 1 saturated heterocycles. The van der Waals surface area contributed by atoms with Crippen molar-refractivity contribution in [3.63, 3.8) is 0 Å². The summed E-state index contributed by atoms with van der Waals surface area (Å²) in [6.07, 6.45) is 40.9. The van der Waals surface area contributed by atoms with Crippen molar-refractivity contribution in [1.82, 2.24) is 5.32 Å². The molecule has 1 aliphatic rings. The third-order valence-electron chi connectivity index (χ3n) is 13.5. The van der Waals surface area contributed by atoms with Gasteiger partial charge in [0, 0.05) is 0 Å². The monoisotopic (exact) mass is 940 g/mol. The predicted octanol–water partition coefficient (Wildman–Crippen LogP) is 11.0. The molecule has 0 aliphatic carbocycles. The number of nitrogens with one attached hydrogen (secondary N) is 1. The summed E-state index contributed by atoms with van der Waals surface area (Å²) in [5.41, 5.74) is 0. The first-order chi connectivity index (χ1) is 32.2. The number of hydrogen-bond acceptors (Lipinski definition) is 10. The number of rotatable bonds is 47. The number of amides is 1. The molecule has 1 aliphatic heterocycles. The summed E-state index contributed by atoms with van der Waals surface area (Å²) in [7, 11) is 0. The van der Waals surface area contributed by atoms with Gasteiger partial charge in [0.25, 0.3) is 0 Å². The van der Waals surface area contributed by atoms with Crippen molar-refractivity contribution in [2.24, 2.45) is 0 Å². The van der Waals surface area contributed by atoms with Crippen LogP contribution < -0.4 is 5.32 Å². The van der Waals surface area contributed by atoms with E-state index in [0.717, 1.165) is 38.5 Å². The van der Waals surface area contributed by atoms with E-state index in [-0.39, 0.29) is 12.8 Å². The fourth-order valence-electron chi connectivity index (χ4n) is 8.93. The number of ether oxygens (including phenoxy) is 2. The van der Waals surface area contributed by atoms with Crippen molar-refractivity contribution in [1.29, 1.82) is 0 Å². The van der Waals surface area contributed by atoms with Crippen LogP contribution in [0.15, 0.2) is 24.3 Å². The minimum atomic E-state index is -1.67. The van der Waals surface area contributed by atoms with Gasteiger partial charge in [-0.05, 0) is 51.4 Å². The second kappa shape index (κ2) is 44.8. The highest BCUT2D eigenvalue weighted by molar-refractivity contribution is 5.80. The summed E-state index contributed by atoms with van der Waals surface area (Å²) < 4.78 is 11.1. The standard InChI is InChI=1S/C55H105NO10/c1-3-5-7-9-11-13-15-17-19-21-22-23-24-25-27-29-31-33-35-37-39-41-43-48(59)54(64)56-46(45-65-55-53(63)52(62)51(61)49(44-57)66-55)50(60)47(58)42-40-38-36-34-32-30-28-26-20-18-16-14-12-10-8-6-4-2/h26,28,34,36,46-53,55,57-63H,3-25,27,29-33,35,37-45H2,1-2H3,(H,56,64)/b28-26+,36-34+. The van der Waals surface area contributed by atoms with E-state index in [2.05, 4.69) is 43.5 Å². The van der Waals surface area contributed by atoms with Gasteiger partial charge in [-0.2, -0.15) is 0 Å². The second-order valence-electron chi connectivity index (χ2n) is 19.6. The summed E-state index contributed by atoms with van der Waals surface area (Å²) >= 11 is 0. The highest BCUT2D eigenvalue weighted by Gasteiger charge is 2.44. The molecule has 0 radical (unpaired) electrons. The van der Waals surface area contributed by atoms with Crippen LogP contribution in [0.1, 0.15) is 251 Å². The van der Waals surface area contributed by atoms with Gasteiger partial charge in [0.1, 0.15) is 36.6 Å². The van der Waals surface area contributed by atoms with Gasteiger partial charge in [-0.25, -0.2) is 0 Å². The average Bonchev–Trinajstić information content (AvgIpc) is 3.32. The molecule has 11 heteroatoms. The van der Waals surface area contributed by atoms with Crippen LogP contribution in [-0.4, -0.2) is 110 Å². The lowest BCUT2D eigenvalue weighted by molar-refractivity contribution is -0.303. The van der Waals surface area contributed by atoms with Gasteiger partial charge in [-0.1, -0.05) is 224 Å². The summed E-state index contributed by atoms with van der Waals surface area (Å²) in [6, 6.07) is -1.19. The minimum absolute atomic E-state index is 0.248. The molecule has 11 nitrogen and oxygen atoms in total. The molecular weight excluding hydrogens is 835 g/mol. The number of carbonyl (C=O) groups excluding carboxylic acids is 1.